The number of hydrogen-bond acceptors (Lipinski definition) is 3. The Kier molecular flexibility index (Phi) is 6.06. The van der Waals surface area contributed by atoms with Crippen molar-refractivity contribution in [1.82, 2.24) is 0 Å². The van der Waals surface area contributed by atoms with Gasteiger partial charge in [0, 0.05) is 0 Å². The van der Waals surface area contributed by atoms with Crippen LogP contribution in [0.3, 0.4) is 0 Å². The van der Waals surface area contributed by atoms with Crippen molar-refractivity contribution < 1.29 is 28.8 Å². The SMILES string of the molecule is Cc1ccc([O][Zr]([Cl])([O]c2ccc(C)cc2)[O]c2ccc(C)cc2)cc1. The molecule has 0 saturated heterocycles. The number of hydrogen-bond donors (Lipinski definition) is 0. The van der Waals surface area contributed by atoms with Gasteiger partial charge in [-0.05, 0) is 0 Å². The van der Waals surface area contributed by atoms with E-state index in [2.05, 4.69) is 0 Å². The molecule has 0 aliphatic rings. The van der Waals surface area contributed by atoms with Gasteiger partial charge < -0.3 is 0 Å². The van der Waals surface area contributed by atoms with E-state index in [1.165, 1.54) is 0 Å². The molecule has 0 fully saturated rings. The summed E-state index contributed by atoms with van der Waals surface area (Å²) < 4.78 is 18.2. The first kappa shape index (κ1) is 19.0. The van der Waals surface area contributed by atoms with E-state index in [0.29, 0.717) is 17.2 Å². The molecule has 0 atom stereocenters. The molecule has 134 valence electrons. The van der Waals surface area contributed by atoms with Crippen LogP contribution in [0.15, 0.2) is 72.8 Å². The summed E-state index contributed by atoms with van der Waals surface area (Å²) in [5.74, 6) is 1.92. The third-order valence-electron chi connectivity index (χ3n) is 3.78. The van der Waals surface area contributed by atoms with E-state index < -0.39 is 20.4 Å². The van der Waals surface area contributed by atoms with Gasteiger partial charge in [-0.2, -0.15) is 0 Å². The second kappa shape index (κ2) is 8.28. The van der Waals surface area contributed by atoms with Gasteiger partial charge in [0.15, 0.2) is 0 Å². The molecule has 0 spiro atoms. The molecule has 26 heavy (non-hydrogen) atoms. The van der Waals surface area contributed by atoms with Crippen LogP contribution in [0.2, 0.25) is 0 Å². The average molecular weight is 448 g/mol. The van der Waals surface area contributed by atoms with Crippen LogP contribution in [0, 0.1) is 20.8 Å². The summed E-state index contributed by atoms with van der Waals surface area (Å²) >= 11 is -4.43. The minimum absolute atomic E-state index is 0.639. The Balaban J connectivity index is 1.86. The summed E-state index contributed by atoms with van der Waals surface area (Å²) in [6.45, 7) is 6.06. The number of halogens is 1. The molecule has 0 bridgehead atoms. The van der Waals surface area contributed by atoms with Crippen molar-refractivity contribution in [2.45, 2.75) is 20.8 Å². The first-order valence-corrected chi connectivity index (χ1v) is 14.6. The summed E-state index contributed by atoms with van der Waals surface area (Å²) in [5.41, 5.74) is 3.44. The van der Waals surface area contributed by atoms with Gasteiger partial charge in [0.25, 0.3) is 0 Å². The van der Waals surface area contributed by atoms with Crippen molar-refractivity contribution in [2.24, 2.45) is 0 Å². The van der Waals surface area contributed by atoms with Crippen molar-refractivity contribution in [3.05, 3.63) is 89.5 Å². The van der Waals surface area contributed by atoms with Gasteiger partial charge in [0.05, 0.1) is 0 Å². The van der Waals surface area contributed by atoms with Gasteiger partial charge in [0.1, 0.15) is 0 Å². The van der Waals surface area contributed by atoms with Crippen LogP contribution in [0.5, 0.6) is 17.2 Å². The number of rotatable bonds is 6. The van der Waals surface area contributed by atoms with Gasteiger partial charge in [-0.3, -0.25) is 0 Å². The molecule has 0 radical (unpaired) electrons. The molecule has 0 N–H and O–H groups in total. The van der Waals surface area contributed by atoms with Crippen molar-refractivity contribution in [3.63, 3.8) is 0 Å². The molecule has 0 heterocycles. The van der Waals surface area contributed by atoms with Gasteiger partial charge >= 0.3 is 165 Å². The Labute approximate surface area is 164 Å². The average Bonchev–Trinajstić information content (AvgIpc) is 2.61. The maximum absolute atomic E-state index is 6.81. The van der Waals surface area contributed by atoms with Crippen molar-refractivity contribution in [1.29, 1.82) is 0 Å². The molecular weight excluding hydrogens is 427 g/mol. The summed E-state index contributed by atoms with van der Waals surface area (Å²) in [5, 5.41) is 0. The normalized spacial score (nSPS) is 11.1. The van der Waals surface area contributed by atoms with E-state index >= 15 is 0 Å². The van der Waals surface area contributed by atoms with Gasteiger partial charge in [-0.1, -0.05) is 0 Å². The summed E-state index contributed by atoms with van der Waals surface area (Å²) in [6.07, 6.45) is 0. The summed E-state index contributed by atoms with van der Waals surface area (Å²) in [4.78, 5) is 0. The Bertz CT molecular complexity index is 730. The molecule has 0 aliphatic heterocycles. The van der Waals surface area contributed by atoms with Crippen LogP contribution in [-0.2, 0) is 20.4 Å². The van der Waals surface area contributed by atoms with Gasteiger partial charge in [-0.15, -0.1) is 0 Å². The van der Waals surface area contributed by atoms with Crippen molar-refractivity contribution in [3.8, 4) is 17.2 Å². The first-order chi connectivity index (χ1) is 12.4. The van der Waals surface area contributed by atoms with Crippen LogP contribution >= 0.6 is 8.51 Å². The molecule has 0 aromatic heterocycles. The van der Waals surface area contributed by atoms with E-state index in [9.17, 15) is 0 Å². The van der Waals surface area contributed by atoms with Crippen LogP contribution in [0.1, 0.15) is 16.7 Å². The third kappa shape index (κ3) is 5.36. The first-order valence-electron chi connectivity index (χ1n) is 8.38. The minimum atomic E-state index is -4.43. The van der Waals surface area contributed by atoms with E-state index in [4.69, 9.17) is 17.0 Å². The molecule has 3 nitrogen and oxygen atoms in total. The summed E-state index contributed by atoms with van der Waals surface area (Å²) in [7, 11) is 6.81. The summed E-state index contributed by atoms with van der Waals surface area (Å²) in [6, 6.07) is 23.1. The molecule has 0 unspecified atom stereocenters. The molecule has 3 rings (SSSR count). The van der Waals surface area contributed by atoms with Crippen molar-refractivity contribution >= 4 is 8.51 Å². The van der Waals surface area contributed by atoms with Gasteiger partial charge in [-0.25, -0.2) is 0 Å². The predicted molar refractivity (Wildman–Crippen MR) is 101 cm³/mol. The van der Waals surface area contributed by atoms with E-state index in [1.54, 1.807) is 0 Å². The Morgan fingerprint density at radius 1 is 0.500 bits per heavy atom. The fourth-order valence-corrected chi connectivity index (χ4v) is 7.27. The van der Waals surface area contributed by atoms with Crippen molar-refractivity contribution in [2.75, 3.05) is 0 Å². The molecule has 3 aromatic rings. The maximum atomic E-state index is 6.81. The fourth-order valence-electron chi connectivity index (χ4n) is 2.30. The Morgan fingerprint density at radius 2 is 0.731 bits per heavy atom. The molecule has 0 amide bonds. The molecule has 3 aromatic carbocycles. The van der Waals surface area contributed by atoms with Crippen LogP contribution in [-0.4, -0.2) is 0 Å². The Hall–Kier alpha value is -1.77. The molecule has 0 aliphatic carbocycles. The van der Waals surface area contributed by atoms with Gasteiger partial charge in [0.2, 0.25) is 0 Å². The topological polar surface area (TPSA) is 27.7 Å². The molecular formula is C21H21ClO3Zr. The molecule has 5 heteroatoms. The Morgan fingerprint density at radius 3 is 0.962 bits per heavy atom. The number of aryl methyl sites for hydroxylation is 3. The molecule has 0 saturated carbocycles. The fraction of sp³-hybridized carbons (Fsp3) is 0.143. The predicted octanol–water partition coefficient (Wildman–Crippen LogP) is 6.20. The number of benzene rings is 3. The van der Waals surface area contributed by atoms with E-state index in [1.807, 2.05) is 93.6 Å². The van der Waals surface area contributed by atoms with E-state index in [-0.39, 0.29) is 0 Å². The zero-order chi connectivity index (χ0) is 18.6. The zero-order valence-electron chi connectivity index (χ0n) is 15.0. The van der Waals surface area contributed by atoms with Crippen LogP contribution < -0.4 is 8.44 Å². The quantitative estimate of drug-likeness (QED) is 0.450. The monoisotopic (exact) mass is 446 g/mol. The standard InChI is InChI=1S/3C7H8O.ClH.Zr/c3*1-6-2-4-7(8)5-3-6;;/h3*2-5,8H,1H3;1H;/q;;;;+4/p-4. The third-order valence-corrected chi connectivity index (χ3v) is 8.69. The second-order valence-corrected chi connectivity index (χ2v) is 12.8. The van der Waals surface area contributed by atoms with Crippen LogP contribution in [0.25, 0.3) is 0 Å². The second-order valence-electron chi connectivity index (χ2n) is 6.23. The van der Waals surface area contributed by atoms with E-state index in [0.717, 1.165) is 16.7 Å². The van der Waals surface area contributed by atoms with Crippen LogP contribution in [0.4, 0.5) is 0 Å². The zero-order valence-corrected chi connectivity index (χ0v) is 18.2.